The third kappa shape index (κ3) is 5.77. The molecule has 1 atom stereocenters. The van der Waals surface area contributed by atoms with Crippen molar-refractivity contribution in [1.82, 2.24) is 9.80 Å². The summed E-state index contributed by atoms with van der Waals surface area (Å²) in [7, 11) is 0. The number of primary amides is 1. The number of rotatable bonds is 10. The third-order valence-electron chi connectivity index (χ3n) is 5.88. The maximum atomic E-state index is 12.8. The maximum absolute atomic E-state index is 12.8. The second-order valence-corrected chi connectivity index (χ2v) is 8.19. The van der Waals surface area contributed by atoms with Crippen LogP contribution in [0.5, 0.6) is 0 Å². The van der Waals surface area contributed by atoms with Gasteiger partial charge in [0.2, 0.25) is 5.91 Å². The van der Waals surface area contributed by atoms with Crippen LogP contribution in [0.2, 0.25) is 0 Å². The molecule has 1 aliphatic rings. The molecule has 1 aliphatic heterocycles. The molecule has 5 heteroatoms. The van der Waals surface area contributed by atoms with E-state index in [0.717, 1.165) is 57.8 Å². The van der Waals surface area contributed by atoms with E-state index in [0.29, 0.717) is 12.1 Å². The fraction of sp³-hybridized carbons (Fsp3) is 0.682. The molecule has 5 nitrogen and oxygen atoms in total. The highest BCUT2D eigenvalue weighted by Gasteiger charge is 2.39. The molecule has 152 valence electrons. The standard InChI is InChI=1S/C22H37N3O2/c1-18(2)25(19(3)4)13-11-22(21(23)26,20-8-6-5-7-9-20)10-12-24-14-16-27-17-15-24/h5-9,18-19H,10-17H2,1-4H3,(H2,23,26). The highest BCUT2D eigenvalue weighted by atomic mass is 16.5. The number of benzene rings is 1. The molecule has 1 aromatic carbocycles. The molecular weight excluding hydrogens is 338 g/mol. The Labute approximate surface area is 164 Å². The number of ether oxygens (including phenoxy) is 1. The lowest BCUT2D eigenvalue weighted by Crippen LogP contribution is -2.48. The molecule has 1 fully saturated rings. The van der Waals surface area contributed by atoms with E-state index in [1.54, 1.807) is 0 Å². The number of carbonyl (C=O) groups excluding carboxylic acids is 1. The van der Waals surface area contributed by atoms with Crippen LogP contribution in [0.25, 0.3) is 0 Å². The first-order valence-electron chi connectivity index (χ1n) is 10.3. The first kappa shape index (κ1) is 21.9. The Morgan fingerprint density at radius 1 is 1.11 bits per heavy atom. The summed E-state index contributed by atoms with van der Waals surface area (Å²) in [5.74, 6) is -0.213. The van der Waals surface area contributed by atoms with Gasteiger partial charge in [0, 0.05) is 31.7 Å². The van der Waals surface area contributed by atoms with Crippen LogP contribution in [0, 0.1) is 0 Å². The average Bonchev–Trinajstić information content (AvgIpc) is 2.65. The van der Waals surface area contributed by atoms with Gasteiger partial charge in [-0.3, -0.25) is 14.6 Å². The minimum atomic E-state index is -0.637. The van der Waals surface area contributed by atoms with Gasteiger partial charge < -0.3 is 10.5 Å². The van der Waals surface area contributed by atoms with Crippen LogP contribution in [0.4, 0.5) is 0 Å². The van der Waals surface area contributed by atoms with Crippen LogP contribution in [-0.2, 0) is 14.9 Å². The minimum absolute atomic E-state index is 0.213. The normalized spacial score (nSPS) is 18.2. The van der Waals surface area contributed by atoms with E-state index in [9.17, 15) is 4.79 Å². The van der Waals surface area contributed by atoms with Crippen LogP contribution in [0.15, 0.2) is 30.3 Å². The smallest absolute Gasteiger partial charge is 0.228 e. The molecule has 1 unspecified atom stereocenters. The molecule has 0 spiro atoms. The summed E-state index contributed by atoms with van der Waals surface area (Å²) in [5.41, 5.74) is 6.46. The lowest BCUT2D eigenvalue weighted by Gasteiger charge is -2.38. The zero-order chi connectivity index (χ0) is 19.9. The van der Waals surface area contributed by atoms with Gasteiger partial charge >= 0.3 is 0 Å². The molecule has 0 aliphatic carbocycles. The van der Waals surface area contributed by atoms with Crippen LogP contribution in [-0.4, -0.2) is 67.2 Å². The zero-order valence-electron chi connectivity index (χ0n) is 17.5. The fourth-order valence-electron chi connectivity index (χ4n) is 4.17. The molecule has 0 radical (unpaired) electrons. The zero-order valence-corrected chi connectivity index (χ0v) is 17.5. The first-order valence-corrected chi connectivity index (χ1v) is 10.3. The van der Waals surface area contributed by atoms with Crippen LogP contribution in [0.1, 0.15) is 46.1 Å². The third-order valence-corrected chi connectivity index (χ3v) is 5.88. The van der Waals surface area contributed by atoms with E-state index in [2.05, 4.69) is 49.6 Å². The van der Waals surface area contributed by atoms with Crippen molar-refractivity contribution >= 4 is 5.91 Å². The monoisotopic (exact) mass is 375 g/mol. The molecule has 0 saturated carbocycles. The van der Waals surface area contributed by atoms with Crippen molar-refractivity contribution in [2.75, 3.05) is 39.4 Å². The number of nitrogens with two attached hydrogens (primary N) is 1. The summed E-state index contributed by atoms with van der Waals surface area (Å²) in [4.78, 5) is 17.6. The molecule has 1 heterocycles. The summed E-state index contributed by atoms with van der Waals surface area (Å²) < 4.78 is 5.46. The van der Waals surface area contributed by atoms with Crippen molar-refractivity contribution < 1.29 is 9.53 Å². The van der Waals surface area contributed by atoms with Crippen molar-refractivity contribution in [3.05, 3.63) is 35.9 Å². The summed E-state index contributed by atoms with van der Waals surface area (Å²) in [6, 6.07) is 11.0. The molecule has 27 heavy (non-hydrogen) atoms. The quantitative estimate of drug-likeness (QED) is 0.683. The van der Waals surface area contributed by atoms with Crippen molar-refractivity contribution in [2.24, 2.45) is 5.73 Å². The first-order chi connectivity index (χ1) is 12.9. The molecule has 2 N–H and O–H groups in total. The number of carbonyl (C=O) groups is 1. The van der Waals surface area contributed by atoms with Crippen molar-refractivity contribution in [3.8, 4) is 0 Å². The van der Waals surface area contributed by atoms with Crippen LogP contribution in [0.3, 0.4) is 0 Å². The fourth-order valence-corrected chi connectivity index (χ4v) is 4.17. The molecule has 1 amide bonds. The van der Waals surface area contributed by atoms with E-state index >= 15 is 0 Å². The highest BCUT2D eigenvalue weighted by molar-refractivity contribution is 5.86. The van der Waals surface area contributed by atoms with E-state index in [1.807, 2.05) is 18.2 Å². The Kier molecular flexibility index (Phi) is 8.27. The Balaban J connectivity index is 2.23. The molecular formula is C22H37N3O2. The summed E-state index contributed by atoms with van der Waals surface area (Å²) in [5, 5.41) is 0. The van der Waals surface area contributed by atoms with Gasteiger partial charge in [-0.2, -0.15) is 0 Å². The highest BCUT2D eigenvalue weighted by Crippen LogP contribution is 2.33. The Bertz CT molecular complexity index is 562. The van der Waals surface area contributed by atoms with Gasteiger partial charge in [0.15, 0.2) is 0 Å². The Morgan fingerprint density at radius 3 is 2.22 bits per heavy atom. The number of amides is 1. The minimum Gasteiger partial charge on any atom is -0.379 e. The molecule has 0 bridgehead atoms. The van der Waals surface area contributed by atoms with Crippen molar-refractivity contribution in [3.63, 3.8) is 0 Å². The van der Waals surface area contributed by atoms with Gasteiger partial charge in [-0.1, -0.05) is 30.3 Å². The second-order valence-electron chi connectivity index (χ2n) is 8.19. The van der Waals surface area contributed by atoms with E-state index in [4.69, 9.17) is 10.5 Å². The van der Waals surface area contributed by atoms with Crippen LogP contribution < -0.4 is 5.73 Å². The van der Waals surface area contributed by atoms with E-state index in [-0.39, 0.29) is 5.91 Å². The van der Waals surface area contributed by atoms with Gasteiger partial charge in [0.25, 0.3) is 0 Å². The predicted octanol–water partition coefficient (Wildman–Crippen LogP) is 2.64. The van der Waals surface area contributed by atoms with Crippen molar-refractivity contribution in [2.45, 2.75) is 58.0 Å². The predicted molar refractivity (Wildman–Crippen MR) is 111 cm³/mol. The lowest BCUT2D eigenvalue weighted by atomic mass is 9.73. The summed E-state index contributed by atoms with van der Waals surface area (Å²) in [6.45, 7) is 13.9. The number of morpholine rings is 1. The maximum Gasteiger partial charge on any atom is 0.228 e. The van der Waals surface area contributed by atoms with Crippen LogP contribution >= 0.6 is 0 Å². The molecule has 1 saturated heterocycles. The van der Waals surface area contributed by atoms with Gasteiger partial charge in [-0.25, -0.2) is 0 Å². The molecule has 1 aromatic rings. The SMILES string of the molecule is CC(C)N(CCC(CCN1CCOCC1)(C(N)=O)c1ccccc1)C(C)C. The largest absolute Gasteiger partial charge is 0.379 e. The second kappa shape index (κ2) is 10.2. The van der Waals surface area contributed by atoms with Gasteiger partial charge in [-0.15, -0.1) is 0 Å². The number of hydrogen-bond donors (Lipinski definition) is 1. The lowest BCUT2D eigenvalue weighted by molar-refractivity contribution is -0.124. The number of hydrogen-bond acceptors (Lipinski definition) is 4. The summed E-state index contributed by atoms with van der Waals surface area (Å²) in [6.07, 6.45) is 1.49. The Hall–Kier alpha value is -1.43. The van der Waals surface area contributed by atoms with E-state index < -0.39 is 5.41 Å². The Morgan fingerprint density at radius 2 is 1.70 bits per heavy atom. The van der Waals surface area contributed by atoms with Gasteiger partial charge in [0.05, 0.1) is 18.6 Å². The van der Waals surface area contributed by atoms with E-state index in [1.165, 1.54) is 0 Å². The summed E-state index contributed by atoms with van der Waals surface area (Å²) >= 11 is 0. The van der Waals surface area contributed by atoms with Gasteiger partial charge in [-0.05, 0) is 52.6 Å². The topological polar surface area (TPSA) is 58.8 Å². The molecule has 2 rings (SSSR count). The van der Waals surface area contributed by atoms with Gasteiger partial charge in [0.1, 0.15) is 0 Å². The molecule has 0 aromatic heterocycles. The number of nitrogens with zero attached hydrogens (tertiary/aromatic N) is 2. The average molecular weight is 376 g/mol. The van der Waals surface area contributed by atoms with Crippen molar-refractivity contribution in [1.29, 1.82) is 0 Å².